The molecule has 0 unspecified atom stereocenters. The molecule has 3 aromatic heterocycles. The van der Waals surface area contributed by atoms with Crippen LogP contribution in [0.2, 0.25) is 0 Å². The number of carbonyl (C=O) groups is 1. The molecule has 4 rings (SSSR count). The summed E-state index contributed by atoms with van der Waals surface area (Å²) in [6.07, 6.45) is 3.50. The molecule has 24 heavy (non-hydrogen) atoms. The molecule has 0 saturated carbocycles. The molecule has 6 nitrogen and oxygen atoms in total. The zero-order valence-electron chi connectivity index (χ0n) is 13.3. The van der Waals surface area contributed by atoms with Crippen molar-refractivity contribution in [3.63, 3.8) is 0 Å². The molecule has 3 aromatic rings. The molecule has 0 N–H and O–H groups in total. The number of nitrogens with zero attached hydrogens (tertiary/aromatic N) is 4. The van der Waals surface area contributed by atoms with Crippen molar-refractivity contribution in [3.05, 3.63) is 66.0 Å². The van der Waals surface area contributed by atoms with Crippen LogP contribution in [-0.2, 0) is 11.3 Å². The lowest BCUT2D eigenvalue weighted by Gasteiger charge is -2.25. The van der Waals surface area contributed by atoms with Crippen LogP contribution in [0.25, 0.3) is 5.52 Å². The van der Waals surface area contributed by atoms with Crippen molar-refractivity contribution in [3.8, 4) is 0 Å². The maximum Gasteiger partial charge on any atom is 0.247 e. The number of rotatable bonds is 4. The number of pyridine rings is 2. The molecule has 122 valence electrons. The van der Waals surface area contributed by atoms with Gasteiger partial charge in [-0.3, -0.25) is 19.1 Å². The minimum absolute atomic E-state index is 0.162. The fourth-order valence-corrected chi connectivity index (χ4v) is 2.96. The number of morpholine rings is 1. The highest BCUT2D eigenvalue weighted by molar-refractivity contribution is 6.05. The average Bonchev–Trinajstić information content (AvgIpc) is 3.01. The van der Waals surface area contributed by atoms with E-state index < -0.39 is 0 Å². The van der Waals surface area contributed by atoms with Crippen LogP contribution >= 0.6 is 0 Å². The molecule has 0 aliphatic carbocycles. The van der Waals surface area contributed by atoms with Gasteiger partial charge in [-0.25, -0.2) is 4.98 Å². The summed E-state index contributed by atoms with van der Waals surface area (Å²) in [6.45, 7) is 3.97. The molecule has 1 aliphatic rings. The van der Waals surface area contributed by atoms with Crippen LogP contribution in [0.5, 0.6) is 0 Å². The summed E-state index contributed by atoms with van der Waals surface area (Å²) >= 11 is 0. The van der Waals surface area contributed by atoms with Crippen molar-refractivity contribution in [2.45, 2.75) is 6.54 Å². The third-order valence-electron chi connectivity index (χ3n) is 4.20. The Morgan fingerprint density at radius 3 is 2.75 bits per heavy atom. The van der Waals surface area contributed by atoms with E-state index >= 15 is 0 Å². The molecule has 0 aromatic carbocycles. The Labute approximate surface area is 139 Å². The number of carbonyl (C=O) groups excluding carboxylic acids is 1. The quantitative estimate of drug-likeness (QED) is 0.686. The molecule has 0 spiro atoms. The second kappa shape index (κ2) is 6.51. The van der Waals surface area contributed by atoms with E-state index in [0.717, 1.165) is 37.5 Å². The summed E-state index contributed by atoms with van der Waals surface area (Å²) < 4.78 is 7.25. The van der Waals surface area contributed by atoms with Gasteiger partial charge in [0.25, 0.3) is 0 Å². The van der Waals surface area contributed by atoms with Crippen LogP contribution in [0.3, 0.4) is 0 Å². The lowest BCUT2D eigenvalue weighted by Crippen LogP contribution is -2.35. The molecule has 1 saturated heterocycles. The van der Waals surface area contributed by atoms with E-state index in [1.165, 1.54) is 0 Å². The monoisotopic (exact) mass is 322 g/mol. The zero-order chi connectivity index (χ0) is 16.4. The van der Waals surface area contributed by atoms with E-state index in [2.05, 4.69) is 14.9 Å². The van der Waals surface area contributed by atoms with Crippen molar-refractivity contribution in [1.29, 1.82) is 0 Å². The van der Waals surface area contributed by atoms with Gasteiger partial charge in [0.2, 0.25) is 5.78 Å². The molecule has 6 heteroatoms. The van der Waals surface area contributed by atoms with Gasteiger partial charge in [-0.1, -0.05) is 12.1 Å². The van der Waals surface area contributed by atoms with Crippen molar-refractivity contribution in [2.75, 3.05) is 26.3 Å². The third kappa shape index (κ3) is 2.81. The van der Waals surface area contributed by atoms with Gasteiger partial charge in [0.1, 0.15) is 5.69 Å². The summed E-state index contributed by atoms with van der Waals surface area (Å²) in [7, 11) is 0. The molecule has 0 atom stereocenters. The van der Waals surface area contributed by atoms with Crippen LogP contribution in [0.1, 0.15) is 22.0 Å². The Balaban J connectivity index is 1.72. The second-order valence-electron chi connectivity index (χ2n) is 5.77. The number of hydrogen-bond donors (Lipinski definition) is 0. The van der Waals surface area contributed by atoms with Gasteiger partial charge in [-0.2, -0.15) is 0 Å². The van der Waals surface area contributed by atoms with E-state index in [1.54, 1.807) is 18.3 Å². The lowest BCUT2D eigenvalue weighted by atomic mass is 10.2. The Kier molecular flexibility index (Phi) is 4.06. The number of hydrogen-bond acceptors (Lipinski definition) is 5. The topological polar surface area (TPSA) is 59.7 Å². The molecule has 0 bridgehead atoms. The normalized spacial score (nSPS) is 15.7. The van der Waals surface area contributed by atoms with E-state index in [-0.39, 0.29) is 5.78 Å². The van der Waals surface area contributed by atoms with Gasteiger partial charge in [0, 0.05) is 32.0 Å². The van der Waals surface area contributed by atoms with Gasteiger partial charge in [-0.15, -0.1) is 0 Å². The lowest BCUT2D eigenvalue weighted by molar-refractivity contribution is 0.0338. The highest BCUT2D eigenvalue weighted by Crippen LogP contribution is 2.18. The number of ketones is 1. The summed E-state index contributed by atoms with van der Waals surface area (Å²) in [5.74, 6) is 0.248. The van der Waals surface area contributed by atoms with Gasteiger partial charge >= 0.3 is 0 Å². The Bertz CT molecular complexity index is 854. The van der Waals surface area contributed by atoms with E-state index in [1.807, 2.05) is 34.9 Å². The third-order valence-corrected chi connectivity index (χ3v) is 4.20. The minimum Gasteiger partial charge on any atom is -0.379 e. The molecule has 1 fully saturated rings. The molecule has 4 heterocycles. The fraction of sp³-hybridized carbons (Fsp3) is 0.278. The first-order chi connectivity index (χ1) is 11.8. The van der Waals surface area contributed by atoms with Crippen LogP contribution in [-0.4, -0.2) is 51.4 Å². The van der Waals surface area contributed by atoms with Crippen LogP contribution < -0.4 is 0 Å². The first-order valence-corrected chi connectivity index (χ1v) is 8.05. The average molecular weight is 322 g/mol. The maximum atomic E-state index is 12.8. The number of aromatic nitrogens is 3. The first-order valence-electron chi connectivity index (χ1n) is 8.05. The van der Waals surface area contributed by atoms with Crippen molar-refractivity contribution in [2.24, 2.45) is 0 Å². The highest BCUT2D eigenvalue weighted by Gasteiger charge is 2.21. The molecule has 0 radical (unpaired) electrons. The van der Waals surface area contributed by atoms with E-state index in [0.29, 0.717) is 18.1 Å². The molecular formula is C18H18N4O2. The number of imidazole rings is 1. The second-order valence-corrected chi connectivity index (χ2v) is 5.77. The largest absolute Gasteiger partial charge is 0.379 e. The summed E-state index contributed by atoms with van der Waals surface area (Å²) in [4.78, 5) is 23.9. The minimum atomic E-state index is -0.162. The van der Waals surface area contributed by atoms with Crippen LogP contribution in [0.15, 0.2) is 48.8 Å². The van der Waals surface area contributed by atoms with Gasteiger partial charge in [-0.05, 0) is 24.3 Å². The number of fused-ring (bicyclic) bond motifs is 1. The SMILES string of the molecule is O=C(c1ccccn1)c1nc(CN2CCOCC2)c2ccccn12. The van der Waals surface area contributed by atoms with Crippen LogP contribution in [0, 0.1) is 0 Å². The van der Waals surface area contributed by atoms with Crippen LogP contribution in [0.4, 0.5) is 0 Å². The van der Waals surface area contributed by atoms with E-state index in [4.69, 9.17) is 4.74 Å². The first kappa shape index (κ1) is 15.0. The summed E-state index contributed by atoms with van der Waals surface area (Å²) in [5, 5.41) is 0. The molecule has 0 amide bonds. The van der Waals surface area contributed by atoms with Gasteiger partial charge < -0.3 is 4.74 Å². The molecule has 1 aliphatic heterocycles. The van der Waals surface area contributed by atoms with Crippen molar-refractivity contribution >= 4 is 11.3 Å². The fourth-order valence-electron chi connectivity index (χ4n) is 2.96. The van der Waals surface area contributed by atoms with Gasteiger partial charge in [0.05, 0.1) is 24.4 Å². The Morgan fingerprint density at radius 2 is 1.96 bits per heavy atom. The van der Waals surface area contributed by atoms with E-state index in [9.17, 15) is 4.79 Å². The molecular weight excluding hydrogens is 304 g/mol. The summed E-state index contributed by atoms with van der Waals surface area (Å²) in [5.41, 5.74) is 2.28. The summed E-state index contributed by atoms with van der Waals surface area (Å²) in [6, 6.07) is 11.2. The smallest absolute Gasteiger partial charge is 0.247 e. The predicted octanol–water partition coefficient (Wildman–Crippen LogP) is 1.79. The highest BCUT2D eigenvalue weighted by atomic mass is 16.5. The Hall–Kier alpha value is -2.57. The van der Waals surface area contributed by atoms with Crippen molar-refractivity contribution < 1.29 is 9.53 Å². The maximum absolute atomic E-state index is 12.8. The predicted molar refractivity (Wildman–Crippen MR) is 89.0 cm³/mol. The van der Waals surface area contributed by atoms with Gasteiger partial charge in [0.15, 0.2) is 5.82 Å². The standard InChI is InChI=1S/C18H18N4O2/c23-17(14-5-1-3-7-19-14)18-20-15(13-21-9-11-24-12-10-21)16-6-2-4-8-22(16)18/h1-8H,9-13H2. The Morgan fingerprint density at radius 1 is 1.12 bits per heavy atom. The van der Waals surface area contributed by atoms with Crippen molar-refractivity contribution in [1.82, 2.24) is 19.3 Å². The number of ether oxygens (including phenoxy) is 1. The zero-order valence-corrected chi connectivity index (χ0v) is 13.3.